The van der Waals surface area contributed by atoms with Gasteiger partial charge in [0.05, 0.1) is 35.6 Å². The summed E-state index contributed by atoms with van der Waals surface area (Å²) in [5.41, 5.74) is 1.05. The number of halogens is 3. The quantitative estimate of drug-likeness (QED) is 0.572. The lowest BCUT2D eigenvalue weighted by molar-refractivity contribution is -0.137. The predicted octanol–water partition coefficient (Wildman–Crippen LogP) is 4.64. The summed E-state index contributed by atoms with van der Waals surface area (Å²) < 4.78 is 46.1. The average molecular weight is 415 g/mol. The second-order valence-electron chi connectivity index (χ2n) is 7.26. The summed E-state index contributed by atoms with van der Waals surface area (Å²) in [6.45, 7) is 4.24. The Morgan fingerprint density at radius 2 is 1.97 bits per heavy atom. The van der Waals surface area contributed by atoms with E-state index in [-0.39, 0.29) is 12.5 Å². The van der Waals surface area contributed by atoms with Gasteiger partial charge in [0.25, 0.3) is 0 Å². The minimum Gasteiger partial charge on any atom is -0.493 e. The molecule has 4 rings (SSSR count). The Morgan fingerprint density at radius 3 is 2.60 bits per heavy atom. The maximum Gasteiger partial charge on any atom is 0.416 e. The fraction of sp³-hybridized carbons (Fsp3) is 0.273. The molecule has 0 radical (unpaired) electrons. The van der Waals surface area contributed by atoms with E-state index in [9.17, 15) is 18.0 Å². The second-order valence-corrected chi connectivity index (χ2v) is 7.26. The van der Waals surface area contributed by atoms with Crippen molar-refractivity contribution in [3.8, 4) is 11.4 Å². The molecule has 8 heteroatoms. The van der Waals surface area contributed by atoms with Crippen molar-refractivity contribution >= 4 is 16.8 Å². The number of hydrogen-bond acceptors (Lipinski definition) is 3. The van der Waals surface area contributed by atoms with Gasteiger partial charge in [0.15, 0.2) is 0 Å². The summed E-state index contributed by atoms with van der Waals surface area (Å²) in [4.78, 5) is 11.6. The number of amides is 1. The molecule has 156 valence electrons. The van der Waals surface area contributed by atoms with Crippen LogP contribution in [0, 0.1) is 5.92 Å². The van der Waals surface area contributed by atoms with E-state index in [4.69, 9.17) is 4.74 Å². The Kier molecular flexibility index (Phi) is 5.24. The first-order valence-corrected chi connectivity index (χ1v) is 9.57. The van der Waals surface area contributed by atoms with E-state index in [0.717, 1.165) is 17.5 Å². The normalized spacial score (nSPS) is 14.0. The predicted molar refractivity (Wildman–Crippen MR) is 106 cm³/mol. The van der Waals surface area contributed by atoms with Crippen LogP contribution in [0.25, 0.3) is 16.6 Å². The van der Waals surface area contributed by atoms with Crippen LogP contribution in [0.2, 0.25) is 0 Å². The Bertz CT molecular complexity index is 1080. The average Bonchev–Trinajstić information content (AvgIpc) is 3.50. The van der Waals surface area contributed by atoms with Crippen molar-refractivity contribution in [2.75, 3.05) is 6.61 Å². The number of ether oxygens (including phenoxy) is 1. The highest BCUT2D eigenvalue weighted by molar-refractivity contribution is 5.88. The molecule has 1 saturated carbocycles. The number of fused-ring (bicyclic) bond motifs is 1. The van der Waals surface area contributed by atoms with Crippen LogP contribution in [0.1, 0.15) is 24.1 Å². The van der Waals surface area contributed by atoms with Crippen molar-refractivity contribution in [3.63, 3.8) is 0 Å². The molecular formula is C22H20F3N3O2. The molecule has 30 heavy (non-hydrogen) atoms. The molecule has 1 fully saturated rings. The van der Waals surface area contributed by atoms with Crippen LogP contribution >= 0.6 is 0 Å². The zero-order valence-electron chi connectivity index (χ0n) is 16.1. The number of rotatable bonds is 7. The van der Waals surface area contributed by atoms with Gasteiger partial charge < -0.3 is 10.1 Å². The van der Waals surface area contributed by atoms with E-state index in [2.05, 4.69) is 17.0 Å². The summed E-state index contributed by atoms with van der Waals surface area (Å²) in [5.74, 6) is 0.952. The van der Waals surface area contributed by atoms with E-state index >= 15 is 0 Å². The van der Waals surface area contributed by atoms with Crippen molar-refractivity contribution in [3.05, 3.63) is 66.4 Å². The van der Waals surface area contributed by atoms with Gasteiger partial charge in [0.2, 0.25) is 5.91 Å². The lowest BCUT2D eigenvalue weighted by atomic mass is 10.1. The largest absolute Gasteiger partial charge is 0.493 e. The zero-order chi connectivity index (χ0) is 21.3. The SMILES string of the molecule is C=CC(=O)NCc1nn(-c2ccc(C(F)(F)F)cc2)c2ccc(OCC3CC3)cc12. The number of aromatic nitrogens is 2. The summed E-state index contributed by atoms with van der Waals surface area (Å²) >= 11 is 0. The van der Waals surface area contributed by atoms with Gasteiger partial charge in [-0.05, 0) is 67.3 Å². The maximum absolute atomic E-state index is 12.9. The molecule has 1 aliphatic rings. The van der Waals surface area contributed by atoms with E-state index in [0.29, 0.717) is 35.2 Å². The molecule has 1 amide bonds. The lowest BCUT2D eigenvalue weighted by Gasteiger charge is -2.09. The van der Waals surface area contributed by atoms with Crippen LogP contribution in [0.5, 0.6) is 5.75 Å². The van der Waals surface area contributed by atoms with Gasteiger partial charge in [-0.15, -0.1) is 0 Å². The van der Waals surface area contributed by atoms with Gasteiger partial charge in [-0.25, -0.2) is 4.68 Å². The minimum absolute atomic E-state index is 0.154. The van der Waals surface area contributed by atoms with Gasteiger partial charge >= 0.3 is 6.18 Å². The number of alkyl halides is 3. The van der Waals surface area contributed by atoms with Crippen molar-refractivity contribution in [2.24, 2.45) is 5.92 Å². The number of benzene rings is 2. The van der Waals surface area contributed by atoms with Crippen LogP contribution in [0.3, 0.4) is 0 Å². The third-order valence-corrected chi connectivity index (χ3v) is 4.97. The molecule has 2 aromatic carbocycles. The molecule has 0 spiro atoms. The topological polar surface area (TPSA) is 56.2 Å². The highest BCUT2D eigenvalue weighted by Gasteiger charge is 2.30. The second kappa shape index (κ2) is 7.85. The third-order valence-electron chi connectivity index (χ3n) is 4.97. The highest BCUT2D eigenvalue weighted by Crippen LogP contribution is 2.32. The molecule has 5 nitrogen and oxygen atoms in total. The highest BCUT2D eigenvalue weighted by atomic mass is 19.4. The van der Waals surface area contributed by atoms with Crippen molar-refractivity contribution in [2.45, 2.75) is 25.6 Å². The van der Waals surface area contributed by atoms with E-state index in [1.165, 1.54) is 31.1 Å². The van der Waals surface area contributed by atoms with Gasteiger partial charge in [0.1, 0.15) is 5.75 Å². The number of carbonyl (C=O) groups is 1. The van der Waals surface area contributed by atoms with Crippen LogP contribution in [-0.4, -0.2) is 22.3 Å². The number of hydrogen-bond donors (Lipinski definition) is 1. The molecule has 0 aliphatic heterocycles. The summed E-state index contributed by atoms with van der Waals surface area (Å²) in [7, 11) is 0. The Labute approximate surface area is 171 Å². The van der Waals surface area contributed by atoms with Crippen LogP contribution in [-0.2, 0) is 17.5 Å². The van der Waals surface area contributed by atoms with Crippen molar-refractivity contribution in [1.82, 2.24) is 15.1 Å². The molecule has 0 saturated heterocycles. The molecule has 1 aromatic heterocycles. The van der Waals surface area contributed by atoms with Gasteiger partial charge in [0, 0.05) is 5.39 Å². The Balaban J connectivity index is 1.70. The molecular weight excluding hydrogens is 395 g/mol. The maximum atomic E-state index is 12.9. The summed E-state index contributed by atoms with van der Waals surface area (Å²) in [6.07, 6.45) is -0.891. The first kappa shape index (κ1) is 20.0. The number of nitrogens with zero attached hydrogens (tertiary/aromatic N) is 2. The van der Waals surface area contributed by atoms with E-state index in [1.807, 2.05) is 18.2 Å². The number of carbonyl (C=O) groups excluding carboxylic acids is 1. The molecule has 0 unspecified atom stereocenters. The monoisotopic (exact) mass is 415 g/mol. The van der Waals surface area contributed by atoms with Crippen LogP contribution in [0.15, 0.2) is 55.1 Å². The van der Waals surface area contributed by atoms with Crippen LogP contribution < -0.4 is 10.1 Å². The first-order valence-electron chi connectivity index (χ1n) is 9.57. The fourth-order valence-corrected chi connectivity index (χ4v) is 3.11. The number of nitrogens with one attached hydrogen (secondary N) is 1. The Morgan fingerprint density at radius 1 is 1.23 bits per heavy atom. The first-order chi connectivity index (χ1) is 14.3. The summed E-state index contributed by atoms with van der Waals surface area (Å²) in [5, 5.41) is 7.99. The van der Waals surface area contributed by atoms with E-state index in [1.54, 1.807) is 4.68 Å². The Hall–Kier alpha value is -3.29. The van der Waals surface area contributed by atoms with Gasteiger partial charge in [-0.1, -0.05) is 6.58 Å². The lowest BCUT2D eigenvalue weighted by Crippen LogP contribution is -2.20. The smallest absolute Gasteiger partial charge is 0.416 e. The molecule has 1 N–H and O–H groups in total. The minimum atomic E-state index is -4.40. The van der Waals surface area contributed by atoms with Crippen LogP contribution in [0.4, 0.5) is 13.2 Å². The molecule has 0 bridgehead atoms. The van der Waals surface area contributed by atoms with Crippen molar-refractivity contribution in [1.29, 1.82) is 0 Å². The standard InChI is InChI=1S/C22H20F3N3O2/c1-2-21(29)26-12-19-18-11-17(30-13-14-3-4-14)9-10-20(18)28(27-19)16-7-5-15(6-8-16)22(23,24)25/h2,5-11,14H,1,3-4,12-13H2,(H,26,29). The van der Waals surface area contributed by atoms with Gasteiger partial charge in [-0.3, -0.25) is 4.79 Å². The summed E-state index contributed by atoms with van der Waals surface area (Å²) in [6, 6.07) is 10.3. The molecule has 1 heterocycles. The van der Waals surface area contributed by atoms with E-state index < -0.39 is 11.7 Å². The van der Waals surface area contributed by atoms with Crippen molar-refractivity contribution < 1.29 is 22.7 Å². The molecule has 1 aliphatic carbocycles. The zero-order valence-corrected chi connectivity index (χ0v) is 16.1. The molecule has 0 atom stereocenters. The van der Waals surface area contributed by atoms with Gasteiger partial charge in [-0.2, -0.15) is 18.3 Å². The molecule has 3 aromatic rings. The fourth-order valence-electron chi connectivity index (χ4n) is 3.11. The third kappa shape index (κ3) is 4.32.